The average Bonchev–Trinajstić information content (AvgIpc) is 2.71. The molecule has 134 valence electrons. The highest BCUT2D eigenvalue weighted by Crippen LogP contribution is 2.80. The van der Waals surface area contributed by atoms with Gasteiger partial charge in [-0.25, -0.2) is 20.0 Å². The van der Waals surface area contributed by atoms with E-state index in [-0.39, 0.29) is 11.1 Å². The Hall–Kier alpha value is -0.160. The number of hydrogen-bond donors (Lipinski definition) is 0. The molecular formula is C20H34N4. The molecule has 2 bridgehead atoms. The molecule has 4 heteroatoms. The van der Waals surface area contributed by atoms with Gasteiger partial charge in [0.05, 0.1) is 0 Å². The van der Waals surface area contributed by atoms with Crippen molar-refractivity contribution in [3.05, 3.63) is 0 Å². The number of nitrogens with zero attached hydrogens (tertiary/aromatic N) is 4. The largest absolute Gasteiger partial charge is 0.240 e. The van der Waals surface area contributed by atoms with Gasteiger partial charge in [0, 0.05) is 49.3 Å². The van der Waals surface area contributed by atoms with Crippen LogP contribution in [0.2, 0.25) is 0 Å². The van der Waals surface area contributed by atoms with E-state index in [1.807, 2.05) is 0 Å². The molecular weight excluding hydrogens is 296 g/mol. The first kappa shape index (κ1) is 15.0. The lowest BCUT2D eigenvalue weighted by atomic mass is 9.54. The predicted molar refractivity (Wildman–Crippen MR) is 94.8 cm³/mol. The van der Waals surface area contributed by atoms with Gasteiger partial charge in [-0.05, 0) is 77.0 Å². The second kappa shape index (κ2) is 3.76. The third-order valence-electron chi connectivity index (χ3n) is 8.86. The second-order valence-electron chi connectivity index (χ2n) is 11.6. The van der Waals surface area contributed by atoms with Crippen molar-refractivity contribution in [1.29, 1.82) is 0 Å². The van der Waals surface area contributed by atoms with Crippen molar-refractivity contribution >= 4 is 0 Å². The summed E-state index contributed by atoms with van der Waals surface area (Å²) in [6.45, 7) is 14.5. The number of hydrogen-bond acceptors (Lipinski definition) is 4. The van der Waals surface area contributed by atoms with Crippen LogP contribution in [0.5, 0.6) is 0 Å². The van der Waals surface area contributed by atoms with Gasteiger partial charge in [-0.1, -0.05) is 0 Å². The quantitative estimate of drug-likeness (QED) is 0.674. The summed E-state index contributed by atoms with van der Waals surface area (Å²) in [5.41, 5.74) is 0.495. The zero-order chi connectivity index (χ0) is 17.1. The molecule has 0 unspecified atom stereocenters. The highest BCUT2D eigenvalue weighted by Gasteiger charge is 2.87. The Balaban J connectivity index is 1.51. The smallest absolute Gasteiger partial charge is 0.0334 e. The van der Waals surface area contributed by atoms with Gasteiger partial charge in [-0.15, -0.1) is 0 Å². The molecule has 6 aliphatic rings. The summed E-state index contributed by atoms with van der Waals surface area (Å²) in [7, 11) is 4.81. The molecule has 0 radical (unpaired) electrons. The van der Waals surface area contributed by atoms with Gasteiger partial charge in [-0.3, -0.25) is 0 Å². The first-order valence-electron chi connectivity index (χ1n) is 10.1. The van der Waals surface area contributed by atoms with Crippen molar-refractivity contribution in [2.75, 3.05) is 14.1 Å². The highest BCUT2D eigenvalue weighted by molar-refractivity contribution is 5.37. The minimum atomic E-state index is 0.248. The Morgan fingerprint density at radius 3 is 1.04 bits per heavy atom. The van der Waals surface area contributed by atoms with Crippen LogP contribution < -0.4 is 0 Å². The van der Waals surface area contributed by atoms with Gasteiger partial charge in [0.1, 0.15) is 0 Å². The van der Waals surface area contributed by atoms with E-state index in [9.17, 15) is 0 Å². The summed E-state index contributed by atoms with van der Waals surface area (Å²) in [4.78, 5) is 0. The molecule has 6 atom stereocenters. The third kappa shape index (κ3) is 1.23. The van der Waals surface area contributed by atoms with Crippen molar-refractivity contribution in [3.8, 4) is 0 Å². The minimum absolute atomic E-state index is 0.248. The fourth-order valence-corrected chi connectivity index (χ4v) is 9.24. The predicted octanol–water partition coefficient (Wildman–Crippen LogP) is 2.13. The standard InChI is InChI=1S/C20H34N4/c1-19(2,3)23-17-11-9-12-10(11)16-13(17)14(15(9)21(23)7)18(12)24(22(16)8)20(4,5)6/h9-18H,1-8H3/t9?,10?,11?,12?,13-,14-,15-,16-,17+,18+/m1/s1. The molecule has 24 heavy (non-hydrogen) atoms. The van der Waals surface area contributed by atoms with Crippen molar-refractivity contribution in [2.24, 2.45) is 35.5 Å². The van der Waals surface area contributed by atoms with Gasteiger partial charge in [0.15, 0.2) is 0 Å². The van der Waals surface area contributed by atoms with Gasteiger partial charge in [0.2, 0.25) is 0 Å². The monoisotopic (exact) mass is 330 g/mol. The molecule has 6 rings (SSSR count). The fraction of sp³-hybridized carbons (Fsp3) is 1.00. The van der Waals surface area contributed by atoms with Crippen LogP contribution in [0, 0.1) is 35.5 Å². The summed E-state index contributed by atoms with van der Waals surface area (Å²) >= 11 is 0. The zero-order valence-corrected chi connectivity index (χ0v) is 16.6. The van der Waals surface area contributed by atoms with Crippen LogP contribution in [0.15, 0.2) is 0 Å². The maximum atomic E-state index is 2.81. The molecule has 3 aliphatic carbocycles. The number of rotatable bonds is 0. The average molecular weight is 331 g/mol. The van der Waals surface area contributed by atoms with E-state index in [0.29, 0.717) is 0 Å². The summed E-state index contributed by atoms with van der Waals surface area (Å²) in [6.07, 6.45) is 0. The number of hydrazine groups is 2. The topological polar surface area (TPSA) is 13.0 Å². The maximum absolute atomic E-state index is 2.81. The van der Waals surface area contributed by atoms with Gasteiger partial charge in [-0.2, -0.15) is 0 Å². The third-order valence-corrected chi connectivity index (χ3v) is 8.86. The SMILES string of the molecule is CN1[C@@H]2C3C4C5C3[C@H]3[C@@H]2[C@H]([C@@H]5N(C)N3C(C)(C)C)[C@H]4N1C(C)(C)C. The van der Waals surface area contributed by atoms with E-state index < -0.39 is 0 Å². The Morgan fingerprint density at radius 1 is 0.458 bits per heavy atom. The van der Waals surface area contributed by atoms with Crippen LogP contribution >= 0.6 is 0 Å². The Kier molecular flexibility index (Phi) is 2.34. The summed E-state index contributed by atoms with van der Waals surface area (Å²) in [5, 5.41) is 11.0. The van der Waals surface area contributed by atoms with Crippen molar-refractivity contribution in [2.45, 2.75) is 76.8 Å². The van der Waals surface area contributed by atoms with E-state index >= 15 is 0 Å². The molecule has 3 saturated carbocycles. The number of fused-ring (bicyclic) bond motifs is 4. The molecule has 0 amide bonds. The van der Waals surface area contributed by atoms with Crippen molar-refractivity contribution < 1.29 is 0 Å². The van der Waals surface area contributed by atoms with E-state index in [4.69, 9.17) is 0 Å². The van der Waals surface area contributed by atoms with E-state index in [1.165, 1.54) is 0 Å². The van der Waals surface area contributed by atoms with Crippen molar-refractivity contribution in [1.82, 2.24) is 20.0 Å². The lowest BCUT2D eigenvalue weighted by Crippen LogP contribution is -2.77. The first-order chi connectivity index (χ1) is 11.1. The van der Waals surface area contributed by atoms with Gasteiger partial charge < -0.3 is 0 Å². The molecule has 6 fully saturated rings. The fourth-order valence-electron chi connectivity index (χ4n) is 9.24. The van der Waals surface area contributed by atoms with E-state index in [2.05, 4.69) is 75.7 Å². The second-order valence-corrected chi connectivity index (χ2v) is 11.6. The minimum Gasteiger partial charge on any atom is -0.240 e. The maximum Gasteiger partial charge on any atom is 0.0334 e. The molecule has 0 spiro atoms. The molecule has 0 aromatic heterocycles. The normalized spacial score (nSPS) is 59.0. The summed E-state index contributed by atoms with van der Waals surface area (Å²) < 4.78 is 0. The van der Waals surface area contributed by atoms with Crippen LogP contribution in [0.25, 0.3) is 0 Å². The van der Waals surface area contributed by atoms with Gasteiger partial charge >= 0.3 is 0 Å². The first-order valence-corrected chi connectivity index (χ1v) is 10.1. The molecule has 0 aromatic rings. The van der Waals surface area contributed by atoms with E-state index in [1.54, 1.807) is 0 Å². The van der Waals surface area contributed by atoms with Crippen LogP contribution in [0.3, 0.4) is 0 Å². The Labute approximate surface area is 147 Å². The summed E-state index contributed by atoms with van der Waals surface area (Å²) in [6, 6.07) is 3.21. The van der Waals surface area contributed by atoms with Crippen LogP contribution in [-0.4, -0.2) is 69.4 Å². The van der Waals surface area contributed by atoms with Crippen LogP contribution in [0.1, 0.15) is 41.5 Å². The Morgan fingerprint density at radius 2 is 0.750 bits per heavy atom. The van der Waals surface area contributed by atoms with E-state index in [0.717, 1.165) is 59.7 Å². The highest BCUT2D eigenvalue weighted by atomic mass is 15.7. The molecule has 3 saturated heterocycles. The zero-order valence-electron chi connectivity index (χ0n) is 16.6. The summed E-state index contributed by atoms with van der Waals surface area (Å²) in [5.74, 6) is 5.75. The Bertz CT molecular complexity index is 556. The molecule has 3 heterocycles. The molecule has 0 aromatic carbocycles. The molecule has 0 N–H and O–H groups in total. The lowest BCUT2D eigenvalue weighted by Gasteiger charge is -2.66. The lowest BCUT2D eigenvalue weighted by molar-refractivity contribution is -0.272. The molecule has 3 aliphatic heterocycles. The van der Waals surface area contributed by atoms with Crippen molar-refractivity contribution in [3.63, 3.8) is 0 Å². The molecule has 4 nitrogen and oxygen atoms in total. The van der Waals surface area contributed by atoms with Crippen LogP contribution in [-0.2, 0) is 0 Å². The van der Waals surface area contributed by atoms with Crippen LogP contribution in [0.4, 0.5) is 0 Å². The van der Waals surface area contributed by atoms with Gasteiger partial charge in [0.25, 0.3) is 0 Å².